The van der Waals surface area contributed by atoms with Gasteiger partial charge in [0.2, 0.25) is 0 Å². The van der Waals surface area contributed by atoms with E-state index in [1.807, 2.05) is 31.3 Å². The standard InChI is InChI=1S/C19H19N5/c1-13-8-9-15-14(10-13)19(21-12-20-15)23(2)11-18-22-16-6-4-5-7-17(16)24(18)3/h4-10,12H,11H2,1-3H3. The number of aromatic nitrogens is 4. The number of fused-ring (bicyclic) bond motifs is 2. The third kappa shape index (κ3) is 2.38. The molecule has 0 saturated heterocycles. The molecule has 0 radical (unpaired) electrons. The lowest BCUT2D eigenvalue weighted by molar-refractivity contribution is 0.770. The molecule has 0 saturated carbocycles. The second kappa shape index (κ2) is 5.60. The zero-order valence-corrected chi connectivity index (χ0v) is 14.1. The highest BCUT2D eigenvalue weighted by molar-refractivity contribution is 5.89. The Labute approximate surface area is 140 Å². The Balaban J connectivity index is 1.75. The average molecular weight is 317 g/mol. The molecule has 0 unspecified atom stereocenters. The van der Waals surface area contributed by atoms with Gasteiger partial charge in [-0.2, -0.15) is 0 Å². The van der Waals surface area contributed by atoms with E-state index in [2.05, 4.69) is 51.6 Å². The topological polar surface area (TPSA) is 46.8 Å². The molecule has 0 bridgehead atoms. The minimum absolute atomic E-state index is 0.686. The molecule has 5 heteroatoms. The Morgan fingerprint density at radius 1 is 1.04 bits per heavy atom. The molecule has 4 aromatic rings. The van der Waals surface area contributed by atoms with Gasteiger partial charge in [-0.1, -0.05) is 23.8 Å². The summed E-state index contributed by atoms with van der Waals surface area (Å²) < 4.78 is 2.14. The Kier molecular flexibility index (Phi) is 3.41. The van der Waals surface area contributed by atoms with E-state index in [-0.39, 0.29) is 0 Å². The summed E-state index contributed by atoms with van der Waals surface area (Å²) in [5, 5.41) is 1.07. The molecule has 0 aliphatic carbocycles. The monoisotopic (exact) mass is 317 g/mol. The lowest BCUT2D eigenvalue weighted by atomic mass is 10.1. The molecule has 120 valence electrons. The molecule has 2 heterocycles. The van der Waals surface area contributed by atoms with Crippen molar-refractivity contribution in [3.05, 3.63) is 60.2 Å². The Hall–Kier alpha value is -2.95. The number of aryl methyl sites for hydroxylation is 2. The molecule has 2 aromatic heterocycles. The van der Waals surface area contributed by atoms with Crippen molar-refractivity contribution in [3.8, 4) is 0 Å². The predicted molar refractivity (Wildman–Crippen MR) is 97.1 cm³/mol. The van der Waals surface area contributed by atoms with Crippen LogP contribution >= 0.6 is 0 Å². The van der Waals surface area contributed by atoms with Crippen LogP contribution in [0.15, 0.2) is 48.8 Å². The van der Waals surface area contributed by atoms with Crippen LogP contribution in [-0.2, 0) is 13.6 Å². The summed E-state index contributed by atoms with van der Waals surface area (Å²) >= 11 is 0. The molecule has 0 aliphatic rings. The van der Waals surface area contributed by atoms with Crippen molar-refractivity contribution in [3.63, 3.8) is 0 Å². The molecular weight excluding hydrogens is 298 g/mol. The number of benzene rings is 2. The van der Waals surface area contributed by atoms with E-state index in [4.69, 9.17) is 4.98 Å². The first-order chi connectivity index (χ1) is 11.6. The maximum atomic E-state index is 4.75. The zero-order valence-electron chi connectivity index (χ0n) is 14.1. The molecule has 0 aliphatic heterocycles. The van der Waals surface area contributed by atoms with Crippen LogP contribution in [0.4, 0.5) is 5.82 Å². The highest BCUT2D eigenvalue weighted by Gasteiger charge is 2.13. The van der Waals surface area contributed by atoms with Crippen LogP contribution in [0, 0.1) is 6.92 Å². The fraction of sp³-hybridized carbons (Fsp3) is 0.211. The van der Waals surface area contributed by atoms with E-state index < -0.39 is 0 Å². The summed E-state index contributed by atoms with van der Waals surface area (Å²) in [6, 6.07) is 14.4. The largest absolute Gasteiger partial charge is 0.352 e. The highest BCUT2D eigenvalue weighted by Crippen LogP contribution is 2.24. The molecule has 0 N–H and O–H groups in total. The van der Waals surface area contributed by atoms with Crippen LogP contribution in [0.3, 0.4) is 0 Å². The number of hydrogen-bond acceptors (Lipinski definition) is 4. The van der Waals surface area contributed by atoms with E-state index in [0.717, 1.165) is 33.6 Å². The van der Waals surface area contributed by atoms with Crippen molar-refractivity contribution < 1.29 is 0 Å². The third-order valence-corrected chi connectivity index (χ3v) is 4.39. The van der Waals surface area contributed by atoms with E-state index in [0.29, 0.717) is 6.54 Å². The van der Waals surface area contributed by atoms with Gasteiger partial charge >= 0.3 is 0 Å². The maximum Gasteiger partial charge on any atom is 0.140 e. The average Bonchev–Trinajstić information content (AvgIpc) is 2.90. The molecular formula is C19H19N5. The van der Waals surface area contributed by atoms with E-state index in [9.17, 15) is 0 Å². The first-order valence-electron chi connectivity index (χ1n) is 7.96. The van der Waals surface area contributed by atoms with Crippen LogP contribution in [0.5, 0.6) is 0 Å². The van der Waals surface area contributed by atoms with Crippen molar-refractivity contribution in [1.29, 1.82) is 0 Å². The van der Waals surface area contributed by atoms with Gasteiger partial charge in [0.05, 0.1) is 23.1 Å². The number of anilines is 1. The second-order valence-electron chi connectivity index (χ2n) is 6.15. The Morgan fingerprint density at radius 2 is 1.88 bits per heavy atom. The molecule has 0 amide bonds. The molecule has 0 atom stereocenters. The van der Waals surface area contributed by atoms with Gasteiger partial charge in [-0.3, -0.25) is 0 Å². The van der Waals surface area contributed by atoms with E-state index >= 15 is 0 Å². The fourth-order valence-corrected chi connectivity index (χ4v) is 3.08. The van der Waals surface area contributed by atoms with Crippen molar-refractivity contribution in [2.45, 2.75) is 13.5 Å². The Bertz CT molecular complexity index is 1030. The van der Waals surface area contributed by atoms with Crippen molar-refractivity contribution >= 4 is 27.8 Å². The van der Waals surface area contributed by atoms with Gasteiger partial charge in [-0.15, -0.1) is 0 Å². The lowest BCUT2D eigenvalue weighted by Crippen LogP contribution is -2.20. The van der Waals surface area contributed by atoms with Gasteiger partial charge in [0.25, 0.3) is 0 Å². The number of imidazole rings is 1. The third-order valence-electron chi connectivity index (χ3n) is 4.39. The van der Waals surface area contributed by atoms with Gasteiger partial charge in [0.1, 0.15) is 18.0 Å². The van der Waals surface area contributed by atoms with Gasteiger partial charge in [-0.05, 0) is 31.2 Å². The van der Waals surface area contributed by atoms with Crippen molar-refractivity contribution in [2.75, 3.05) is 11.9 Å². The Morgan fingerprint density at radius 3 is 2.71 bits per heavy atom. The van der Waals surface area contributed by atoms with Crippen LogP contribution in [0.1, 0.15) is 11.4 Å². The minimum Gasteiger partial charge on any atom is -0.352 e. The minimum atomic E-state index is 0.686. The van der Waals surface area contributed by atoms with Crippen LogP contribution in [-0.4, -0.2) is 26.6 Å². The first kappa shape index (κ1) is 14.6. The summed E-state index contributed by atoms with van der Waals surface area (Å²) in [4.78, 5) is 15.8. The number of rotatable bonds is 3. The van der Waals surface area contributed by atoms with Crippen LogP contribution in [0.25, 0.3) is 21.9 Å². The lowest BCUT2D eigenvalue weighted by Gasteiger charge is -2.19. The number of hydrogen-bond donors (Lipinski definition) is 0. The highest BCUT2D eigenvalue weighted by atomic mass is 15.2. The summed E-state index contributed by atoms with van der Waals surface area (Å²) in [7, 11) is 4.10. The first-order valence-corrected chi connectivity index (χ1v) is 7.96. The second-order valence-corrected chi connectivity index (χ2v) is 6.15. The van der Waals surface area contributed by atoms with Gasteiger partial charge in [-0.25, -0.2) is 15.0 Å². The molecule has 2 aromatic carbocycles. The summed E-state index contributed by atoms with van der Waals surface area (Å²) in [6.45, 7) is 2.77. The van der Waals surface area contributed by atoms with Crippen LogP contribution in [0.2, 0.25) is 0 Å². The SMILES string of the molecule is Cc1ccc2ncnc(N(C)Cc3nc4ccccc4n3C)c2c1. The molecule has 4 rings (SSSR count). The zero-order chi connectivity index (χ0) is 16.7. The molecule has 5 nitrogen and oxygen atoms in total. The van der Waals surface area contributed by atoms with Crippen molar-refractivity contribution in [2.24, 2.45) is 7.05 Å². The van der Waals surface area contributed by atoms with Gasteiger partial charge in [0.15, 0.2) is 0 Å². The summed E-state index contributed by atoms with van der Waals surface area (Å²) in [5.41, 5.74) is 4.33. The summed E-state index contributed by atoms with van der Waals surface area (Å²) in [6.07, 6.45) is 1.62. The van der Waals surface area contributed by atoms with Crippen molar-refractivity contribution in [1.82, 2.24) is 19.5 Å². The number of para-hydroxylation sites is 2. The van der Waals surface area contributed by atoms with Gasteiger partial charge in [0, 0.05) is 19.5 Å². The van der Waals surface area contributed by atoms with E-state index in [1.54, 1.807) is 6.33 Å². The predicted octanol–water partition coefficient (Wildman–Crippen LogP) is 3.46. The smallest absolute Gasteiger partial charge is 0.140 e. The van der Waals surface area contributed by atoms with Gasteiger partial charge < -0.3 is 9.47 Å². The quantitative estimate of drug-likeness (QED) is 0.580. The fourth-order valence-electron chi connectivity index (χ4n) is 3.08. The van der Waals surface area contributed by atoms with E-state index in [1.165, 1.54) is 5.56 Å². The maximum absolute atomic E-state index is 4.75. The normalized spacial score (nSPS) is 11.3. The molecule has 0 spiro atoms. The van der Waals surface area contributed by atoms with Crippen LogP contribution < -0.4 is 4.90 Å². The summed E-state index contributed by atoms with van der Waals surface area (Å²) in [5.74, 6) is 1.94. The molecule has 0 fully saturated rings. The molecule has 24 heavy (non-hydrogen) atoms. The number of nitrogens with zero attached hydrogens (tertiary/aromatic N) is 5.